The fourth-order valence-corrected chi connectivity index (χ4v) is 1.36. The average Bonchev–Trinajstić information content (AvgIpc) is 2.69. The van der Waals surface area contributed by atoms with E-state index in [1.165, 1.54) is 17.9 Å². The second-order valence-corrected chi connectivity index (χ2v) is 3.24. The Morgan fingerprint density at radius 3 is 3.15 bits per heavy atom. The van der Waals surface area contributed by atoms with Crippen molar-refractivity contribution in [2.75, 3.05) is 5.32 Å². The minimum atomic E-state index is 0.739. The van der Waals surface area contributed by atoms with Crippen molar-refractivity contribution < 1.29 is 0 Å². The Hall–Kier alpha value is -1.49. The van der Waals surface area contributed by atoms with Crippen molar-refractivity contribution in [1.29, 1.82) is 0 Å². The molecule has 2 rings (SSSR count). The highest BCUT2D eigenvalue weighted by molar-refractivity contribution is 7.09. The molecule has 0 spiro atoms. The third-order valence-corrected chi connectivity index (χ3v) is 2.15. The Morgan fingerprint density at radius 1 is 1.46 bits per heavy atom. The Kier molecular flexibility index (Phi) is 2.47. The first-order chi connectivity index (χ1) is 6.45. The summed E-state index contributed by atoms with van der Waals surface area (Å²) < 4.78 is 3.89. The highest BCUT2D eigenvalue weighted by atomic mass is 32.1. The van der Waals surface area contributed by atoms with E-state index in [0.717, 1.165) is 17.2 Å². The van der Waals surface area contributed by atoms with Crippen LogP contribution < -0.4 is 5.32 Å². The van der Waals surface area contributed by atoms with Crippen molar-refractivity contribution in [3.63, 3.8) is 0 Å². The lowest BCUT2D eigenvalue weighted by Gasteiger charge is -2.00. The fraction of sp³-hybridized carbons (Fsp3) is 0.125. The fourth-order valence-electron chi connectivity index (χ4n) is 0.931. The van der Waals surface area contributed by atoms with Crippen LogP contribution in [0.5, 0.6) is 0 Å². The van der Waals surface area contributed by atoms with E-state index >= 15 is 0 Å². The van der Waals surface area contributed by atoms with Gasteiger partial charge < -0.3 is 5.32 Å². The highest BCUT2D eigenvalue weighted by Crippen LogP contribution is 2.08. The van der Waals surface area contributed by atoms with Gasteiger partial charge in [-0.05, 0) is 11.6 Å². The summed E-state index contributed by atoms with van der Waals surface area (Å²) in [6.45, 7) is 0.739. The van der Waals surface area contributed by atoms with E-state index in [2.05, 4.69) is 19.7 Å². The van der Waals surface area contributed by atoms with Crippen molar-refractivity contribution in [2.45, 2.75) is 6.54 Å². The van der Waals surface area contributed by atoms with Gasteiger partial charge in [-0.2, -0.15) is 4.37 Å². The van der Waals surface area contributed by atoms with Gasteiger partial charge in [-0.25, -0.2) is 4.98 Å². The SMILES string of the molecule is c1cncc(CNc2ncns2)c1. The van der Waals surface area contributed by atoms with Crippen LogP contribution in [0.3, 0.4) is 0 Å². The molecule has 0 saturated heterocycles. The van der Waals surface area contributed by atoms with Crippen LogP contribution in [0, 0.1) is 0 Å². The molecular formula is C8H8N4S. The predicted octanol–water partition coefficient (Wildman–Crippen LogP) is 1.55. The van der Waals surface area contributed by atoms with E-state index in [0.29, 0.717) is 0 Å². The second kappa shape index (κ2) is 3.95. The smallest absolute Gasteiger partial charge is 0.202 e. The molecular weight excluding hydrogens is 184 g/mol. The summed E-state index contributed by atoms with van der Waals surface area (Å²) in [6, 6.07) is 3.93. The summed E-state index contributed by atoms with van der Waals surface area (Å²) >= 11 is 1.35. The van der Waals surface area contributed by atoms with Crippen LogP contribution in [0.4, 0.5) is 5.13 Å². The Labute approximate surface area is 79.8 Å². The first kappa shape index (κ1) is 8.12. The molecule has 0 atom stereocenters. The Bertz CT molecular complexity index is 346. The van der Waals surface area contributed by atoms with Crippen LogP contribution in [0.1, 0.15) is 5.56 Å². The van der Waals surface area contributed by atoms with E-state index < -0.39 is 0 Å². The molecule has 0 bridgehead atoms. The third kappa shape index (κ3) is 2.22. The predicted molar refractivity (Wildman–Crippen MR) is 51.5 cm³/mol. The molecule has 5 heteroatoms. The van der Waals surface area contributed by atoms with E-state index in [1.54, 1.807) is 6.20 Å². The number of aromatic nitrogens is 3. The molecule has 0 saturated carbocycles. The number of nitrogens with one attached hydrogen (secondary N) is 1. The van der Waals surface area contributed by atoms with Crippen molar-refractivity contribution in [3.05, 3.63) is 36.4 Å². The van der Waals surface area contributed by atoms with Crippen LogP contribution in [0.15, 0.2) is 30.9 Å². The summed E-state index contributed by atoms with van der Waals surface area (Å²) in [6.07, 6.45) is 5.12. The summed E-state index contributed by atoms with van der Waals surface area (Å²) in [5, 5.41) is 3.98. The van der Waals surface area contributed by atoms with Gasteiger partial charge in [0.25, 0.3) is 0 Å². The maximum Gasteiger partial charge on any atom is 0.202 e. The summed E-state index contributed by atoms with van der Waals surface area (Å²) in [5.41, 5.74) is 1.14. The van der Waals surface area contributed by atoms with Gasteiger partial charge in [0.15, 0.2) is 0 Å². The molecule has 2 aromatic rings. The van der Waals surface area contributed by atoms with Crippen molar-refractivity contribution in [2.24, 2.45) is 0 Å². The quantitative estimate of drug-likeness (QED) is 0.801. The molecule has 0 aromatic carbocycles. The number of rotatable bonds is 3. The van der Waals surface area contributed by atoms with Crippen LogP contribution in [-0.4, -0.2) is 14.3 Å². The monoisotopic (exact) mass is 192 g/mol. The minimum absolute atomic E-state index is 0.739. The Balaban J connectivity index is 1.94. The average molecular weight is 192 g/mol. The largest absolute Gasteiger partial charge is 0.356 e. The molecule has 0 fully saturated rings. The van der Waals surface area contributed by atoms with Crippen LogP contribution in [0.25, 0.3) is 0 Å². The first-order valence-corrected chi connectivity index (χ1v) is 4.62. The lowest BCUT2D eigenvalue weighted by Crippen LogP contribution is -1.98. The van der Waals surface area contributed by atoms with Gasteiger partial charge >= 0.3 is 0 Å². The number of nitrogens with zero attached hydrogens (tertiary/aromatic N) is 3. The number of anilines is 1. The second-order valence-electron chi connectivity index (χ2n) is 2.46. The van der Waals surface area contributed by atoms with Crippen molar-refractivity contribution >= 4 is 16.7 Å². The molecule has 66 valence electrons. The van der Waals surface area contributed by atoms with E-state index in [1.807, 2.05) is 18.3 Å². The van der Waals surface area contributed by atoms with E-state index in [-0.39, 0.29) is 0 Å². The molecule has 0 unspecified atom stereocenters. The maximum absolute atomic E-state index is 4.01. The topological polar surface area (TPSA) is 50.7 Å². The molecule has 0 amide bonds. The maximum atomic E-state index is 4.01. The molecule has 0 radical (unpaired) electrons. The molecule has 0 aliphatic heterocycles. The standard InChI is InChI=1S/C8H8N4S/c1-2-7(4-9-3-1)5-10-8-11-6-12-13-8/h1-4,6H,5H2,(H,10,11,12). The number of hydrogen-bond donors (Lipinski definition) is 1. The lowest BCUT2D eigenvalue weighted by atomic mass is 10.3. The minimum Gasteiger partial charge on any atom is -0.356 e. The highest BCUT2D eigenvalue weighted by Gasteiger charge is 1.95. The molecule has 0 aliphatic rings. The van der Waals surface area contributed by atoms with Gasteiger partial charge in [0.2, 0.25) is 5.13 Å². The number of hydrogen-bond acceptors (Lipinski definition) is 5. The van der Waals surface area contributed by atoms with Gasteiger partial charge in [-0.3, -0.25) is 4.98 Å². The van der Waals surface area contributed by atoms with E-state index in [4.69, 9.17) is 0 Å². The summed E-state index contributed by atoms with van der Waals surface area (Å²) in [4.78, 5) is 8.02. The zero-order valence-electron chi connectivity index (χ0n) is 6.84. The normalized spacial score (nSPS) is 9.85. The van der Waals surface area contributed by atoms with Gasteiger partial charge in [0.05, 0.1) is 0 Å². The van der Waals surface area contributed by atoms with E-state index in [9.17, 15) is 0 Å². The van der Waals surface area contributed by atoms with Gasteiger partial charge in [0.1, 0.15) is 6.33 Å². The molecule has 13 heavy (non-hydrogen) atoms. The zero-order valence-corrected chi connectivity index (χ0v) is 7.66. The Morgan fingerprint density at radius 2 is 2.46 bits per heavy atom. The van der Waals surface area contributed by atoms with Crippen LogP contribution in [0.2, 0.25) is 0 Å². The van der Waals surface area contributed by atoms with Gasteiger partial charge in [-0.1, -0.05) is 6.07 Å². The first-order valence-electron chi connectivity index (χ1n) is 3.84. The number of pyridine rings is 1. The third-order valence-electron chi connectivity index (χ3n) is 1.53. The molecule has 2 heterocycles. The van der Waals surface area contributed by atoms with Crippen LogP contribution >= 0.6 is 11.5 Å². The lowest BCUT2D eigenvalue weighted by molar-refractivity contribution is 1.10. The van der Waals surface area contributed by atoms with Crippen LogP contribution in [-0.2, 0) is 6.54 Å². The van der Waals surface area contributed by atoms with Gasteiger partial charge in [0, 0.05) is 30.5 Å². The van der Waals surface area contributed by atoms with Gasteiger partial charge in [-0.15, -0.1) is 0 Å². The van der Waals surface area contributed by atoms with Crippen molar-refractivity contribution in [1.82, 2.24) is 14.3 Å². The zero-order chi connectivity index (χ0) is 8.93. The summed E-state index contributed by atoms with van der Waals surface area (Å²) in [5.74, 6) is 0. The molecule has 0 aliphatic carbocycles. The molecule has 1 N–H and O–H groups in total. The van der Waals surface area contributed by atoms with Crippen molar-refractivity contribution in [3.8, 4) is 0 Å². The molecule has 2 aromatic heterocycles. The summed E-state index contributed by atoms with van der Waals surface area (Å²) in [7, 11) is 0. The molecule has 4 nitrogen and oxygen atoms in total.